The third kappa shape index (κ3) is 5.66. The minimum atomic E-state index is -2.89. The first-order chi connectivity index (χ1) is 16.5. The number of halogens is 2. The molecule has 4 rings (SSSR count). The fourth-order valence-electron chi connectivity index (χ4n) is 3.22. The fourth-order valence-corrected chi connectivity index (χ4v) is 3.22. The lowest BCUT2D eigenvalue weighted by Crippen LogP contribution is -2.35. The lowest BCUT2D eigenvalue weighted by Gasteiger charge is -2.12. The Bertz CT molecular complexity index is 1290. The predicted molar refractivity (Wildman–Crippen MR) is 125 cm³/mol. The van der Waals surface area contributed by atoms with Crippen molar-refractivity contribution in [3.63, 3.8) is 0 Å². The molecule has 1 amide bonds. The van der Waals surface area contributed by atoms with Crippen LogP contribution in [0.25, 0.3) is 16.6 Å². The number of rotatable bonds is 9. The topological polar surface area (TPSA) is 72.5 Å². The highest BCUT2D eigenvalue weighted by molar-refractivity contribution is 5.94. The monoisotopic (exact) mass is 461 g/mol. The number of carbonyl (C=O) groups is 1. The Morgan fingerprint density at radius 3 is 2.35 bits per heavy atom. The summed E-state index contributed by atoms with van der Waals surface area (Å²) in [6, 6.07) is 22.5. The van der Waals surface area contributed by atoms with E-state index in [1.54, 1.807) is 30.5 Å². The minimum Gasteiger partial charge on any atom is -0.487 e. The Kier molecular flexibility index (Phi) is 6.98. The van der Waals surface area contributed by atoms with Gasteiger partial charge in [0.25, 0.3) is 5.91 Å². The zero-order chi connectivity index (χ0) is 23.9. The number of carbonyl (C=O) groups excluding carboxylic acids is 1. The van der Waals surface area contributed by atoms with Crippen molar-refractivity contribution >= 4 is 22.5 Å². The number of nitrogens with zero attached hydrogens (tertiary/aromatic N) is 1. The zero-order valence-electron chi connectivity index (χ0n) is 18.0. The Morgan fingerprint density at radius 2 is 1.62 bits per heavy atom. The second kappa shape index (κ2) is 10.4. The molecular weight excluding hydrogens is 440 g/mol. The SMILES string of the molecule is C=C(NNC(=O)c1ccc(COc2cccc3cccnc23)cc1)c1ccc(OC(F)F)cc1. The van der Waals surface area contributed by atoms with Gasteiger partial charge in [-0.05, 0) is 59.7 Å². The van der Waals surface area contributed by atoms with Gasteiger partial charge in [0, 0.05) is 17.1 Å². The van der Waals surface area contributed by atoms with Crippen LogP contribution in [-0.2, 0) is 6.61 Å². The number of alkyl halides is 2. The summed E-state index contributed by atoms with van der Waals surface area (Å²) in [7, 11) is 0. The van der Waals surface area contributed by atoms with Crippen molar-refractivity contribution in [3.8, 4) is 11.5 Å². The molecule has 6 nitrogen and oxygen atoms in total. The Morgan fingerprint density at radius 1 is 0.912 bits per heavy atom. The van der Waals surface area contributed by atoms with E-state index in [9.17, 15) is 13.6 Å². The van der Waals surface area contributed by atoms with Gasteiger partial charge in [0.2, 0.25) is 0 Å². The third-order valence-corrected chi connectivity index (χ3v) is 4.96. The van der Waals surface area contributed by atoms with Gasteiger partial charge in [-0.2, -0.15) is 8.78 Å². The maximum absolute atomic E-state index is 12.4. The molecule has 0 unspecified atom stereocenters. The number of fused-ring (bicyclic) bond motifs is 1. The molecule has 0 aliphatic rings. The molecule has 2 N–H and O–H groups in total. The first-order valence-electron chi connectivity index (χ1n) is 10.4. The lowest BCUT2D eigenvalue weighted by atomic mass is 10.1. The van der Waals surface area contributed by atoms with Crippen molar-refractivity contribution in [1.29, 1.82) is 0 Å². The van der Waals surface area contributed by atoms with Crippen LogP contribution in [0.4, 0.5) is 8.78 Å². The zero-order valence-corrected chi connectivity index (χ0v) is 18.0. The fraction of sp³-hybridized carbons (Fsp3) is 0.0769. The van der Waals surface area contributed by atoms with Gasteiger partial charge in [-0.1, -0.05) is 36.9 Å². The quantitative estimate of drug-likeness (QED) is 0.330. The van der Waals surface area contributed by atoms with Crippen LogP contribution < -0.4 is 20.3 Å². The lowest BCUT2D eigenvalue weighted by molar-refractivity contribution is -0.0498. The third-order valence-electron chi connectivity index (χ3n) is 4.96. The van der Waals surface area contributed by atoms with E-state index >= 15 is 0 Å². The number of hydrazine groups is 1. The van der Waals surface area contributed by atoms with Crippen molar-refractivity contribution in [2.45, 2.75) is 13.2 Å². The second-order valence-corrected chi connectivity index (χ2v) is 7.28. The van der Waals surface area contributed by atoms with E-state index in [0.29, 0.717) is 29.2 Å². The van der Waals surface area contributed by atoms with Crippen molar-refractivity contribution in [2.75, 3.05) is 0 Å². The molecule has 0 bridgehead atoms. The molecule has 0 spiro atoms. The van der Waals surface area contributed by atoms with Gasteiger partial charge in [-0.15, -0.1) is 0 Å². The molecular formula is C26H21F2N3O3. The molecule has 3 aromatic carbocycles. The molecule has 8 heteroatoms. The average molecular weight is 461 g/mol. The number of pyridine rings is 1. The Labute approximate surface area is 194 Å². The molecule has 0 saturated heterocycles. The molecule has 0 saturated carbocycles. The summed E-state index contributed by atoms with van der Waals surface area (Å²) in [6.45, 7) is 1.28. The number of nitrogens with one attached hydrogen (secondary N) is 2. The van der Waals surface area contributed by atoms with E-state index in [1.807, 2.05) is 42.5 Å². The van der Waals surface area contributed by atoms with Crippen LogP contribution >= 0.6 is 0 Å². The van der Waals surface area contributed by atoms with Crippen LogP contribution in [-0.4, -0.2) is 17.5 Å². The number of para-hydroxylation sites is 1. The van der Waals surface area contributed by atoms with Crippen molar-refractivity contribution in [2.24, 2.45) is 0 Å². The summed E-state index contributed by atoms with van der Waals surface area (Å²) in [5.41, 5.74) is 8.42. The van der Waals surface area contributed by atoms with Gasteiger partial charge in [0.1, 0.15) is 23.6 Å². The second-order valence-electron chi connectivity index (χ2n) is 7.28. The van der Waals surface area contributed by atoms with Gasteiger partial charge in [0.15, 0.2) is 0 Å². The highest BCUT2D eigenvalue weighted by atomic mass is 19.3. The predicted octanol–water partition coefficient (Wildman–Crippen LogP) is 5.32. The number of benzene rings is 3. The van der Waals surface area contributed by atoms with E-state index in [1.165, 1.54) is 12.1 Å². The maximum atomic E-state index is 12.4. The summed E-state index contributed by atoms with van der Waals surface area (Å²) in [4.78, 5) is 16.8. The van der Waals surface area contributed by atoms with Gasteiger partial charge >= 0.3 is 6.61 Å². The minimum absolute atomic E-state index is 0.0383. The van der Waals surface area contributed by atoms with Crippen molar-refractivity contribution in [1.82, 2.24) is 15.8 Å². The maximum Gasteiger partial charge on any atom is 0.387 e. The van der Waals surface area contributed by atoms with Crippen molar-refractivity contribution < 1.29 is 23.0 Å². The van der Waals surface area contributed by atoms with Crippen LogP contribution in [0.1, 0.15) is 21.5 Å². The normalized spacial score (nSPS) is 10.7. The molecule has 1 aromatic heterocycles. The number of hydrogen-bond acceptors (Lipinski definition) is 5. The number of amides is 1. The molecule has 172 valence electrons. The summed E-state index contributed by atoms with van der Waals surface area (Å²) in [5.74, 6) is 0.373. The molecule has 1 heterocycles. The highest BCUT2D eigenvalue weighted by Gasteiger charge is 2.09. The number of ether oxygens (including phenoxy) is 2. The smallest absolute Gasteiger partial charge is 0.387 e. The van der Waals surface area contributed by atoms with Crippen molar-refractivity contribution in [3.05, 3.63) is 108 Å². The number of aromatic nitrogens is 1. The van der Waals surface area contributed by atoms with E-state index in [0.717, 1.165) is 16.5 Å². The average Bonchev–Trinajstić information content (AvgIpc) is 2.86. The molecule has 4 aromatic rings. The van der Waals surface area contributed by atoms with Crippen LogP contribution in [0.15, 0.2) is 91.6 Å². The van der Waals surface area contributed by atoms with Gasteiger partial charge in [-0.3, -0.25) is 20.6 Å². The van der Waals surface area contributed by atoms with Crippen LogP contribution in [0.5, 0.6) is 11.5 Å². The standard InChI is InChI=1S/C26H21F2N3O3/c1-17(19-11-13-22(14-12-19)34-26(27)28)30-31-25(32)21-9-7-18(8-10-21)16-33-23-6-2-4-20-5-3-15-29-24(20)23/h2-15,26,30H,1,16H2,(H,31,32). The van der Waals surface area contributed by atoms with Crippen LogP contribution in [0.3, 0.4) is 0 Å². The molecule has 34 heavy (non-hydrogen) atoms. The van der Waals surface area contributed by atoms with E-state index in [2.05, 4.69) is 27.2 Å². The van der Waals surface area contributed by atoms with E-state index in [4.69, 9.17) is 4.74 Å². The molecule has 0 aliphatic carbocycles. The molecule has 0 radical (unpaired) electrons. The van der Waals surface area contributed by atoms with Gasteiger partial charge in [0.05, 0.1) is 5.70 Å². The van der Waals surface area contributed by atoms with E-state index in [-0.39, 0.29) is 11.7 Å². The Hall–Kier alpha value is -4.46. The summed E-state index contributed by atoms with van der Waals surface area (Å²) < 4.78 is 34.7. The van der Waals surface area contributed by atoms with Crippen LogP contribution in [0, 0.1) is 0 Å². The largest absolute Gasteiger partial charge is 0.487 e. The molecule has 0 fully saturated rings. The summed E-state index contributed by atoms with van der Waals surface area (Å²) in [5, 5.41) is 0.999. The molecule has 0 atom stereocenters. The van der Waals surface area contributed by atoms with Gasteiger partial charge in [-0.25, -0.2) is 0 Å². The highest BCUT2D eigenvalue weighted by Crippen LogP contribution is 2.24. The first kappa shape index (κ1) is 22.7. The first-order valence-corrected chi connectivity index (χ1v) is 10.4. The van der Waals surface area contributed by atoms with Crippen LogP contribution in [0.2, 0.25) is 0 Å². The van der Waals surface area contributed by atoms with Gasteiger partial charge < -0.3 is 9.47 Å². The summed E-state index contributed by atoms with van der Waals surface area (Å²) in [6.07, 6.45) is 1.72. The molecule has 0 aliphatic heterocycles. The Balaban J connectivity index is 1.30. The van der Waals surface area contributed by atoms with E-state index < -0.39 is 6.61 Å². The number of hydrogen-bond donors (Lipinski definition) is 2. The summed E-state index contributed by atoms with van der Waals surface area (Å²) >= 11 is 0.